The van der Waals surface area contributed by atoms with E-state index in [9.17, 15) is 0 Å². The van der Waals surface area contributed by atoms with Crippen molar-refractivity contribution in [3.8, 4) is 67.8 Å². The second kappa shape index (κ2) is 14.7. The molecule has 0 unspecified atom stereocenters. The van der Waals surface area contributed by atoms with Gasteiger partial charge in [0.25, 0.3) is 0 Å². The maximum absolute atomic E-state index is 9.11. The molecule has 0 aliphatic heterocycles. The number of benzene rings is 9. The van der Waals surface area contributed by atoms with E-state index >= 15 is 0 Å². The molecule has 0 radical (unpaired) electrons. The van der Waals surface area contributed by atoms with Crippen molar-refractivity contribution in [3.63, 3.8) is 0 Å². The van der Waals surface area contributed by atoms with Gasteiger partial charge < -0.3 is 9.13 Å². The lowest BCUT2D eigenvalue weighted by Gasteiger charge is -2.15. The van der Waals surface area contributed by atoms with Gasteiger partial charge in [-0.1, -0.05) is 170 Å². The summed E-state index contributed by atoms with van der Waals surface area (Å²) in [4.78, 5) is 15.2. The molecular weight excluding hydrogens is 755 g/mol. The monoisotopic (exact) mass is 796 g/mol. The summed E-state index contributed by atoms with van der Waals surface area (Å²) in [7, 11) is 0. The molecule has 12 rings (SSSR count). The molecule has 0 N–H and O–H groups in total. The highest BCUT2D eigenvalue weighted by Crippen LogP contribution is 2.39. The van der Waals surface area contributed by atoms with Gasteiger partial charge in [-0.2, -0.15) is 0 Å². The van der Waals surface area contributed by atoms with Gasteiger partial charge in [-0.3, -0.25) is 0 Å². The van der Waals surface area contributed by atoms with Crippen LogP contribution in [0.1, 0.15) is 6.85 Å². The fourth-order valence-electron chi connectivity index (χ4n) is 8.78. The van der Waals surface area contributed by atoms with Crippen LogP contribution in [0.2, 0.25) is 0 Å². The van der Waals surface area contributed by atoms with Crippen LogP contribution in [0.15, 0.2) is 224 Å². The van der Waals surface area contributed by atoms with E-state index in [0.717, 1.165) is 60.8 Å². The molecule has 290 valence electrons. The number of hydrogen-bond acceptors (Lipinski definition) is 3. The van der Waals surface area contributed by atoms with Gasteiger partial charge in [0.15, 0.2) is 17.5 Å². The van der Waals surface area contributed by atoms with Crippen LogP contribution in [0.5, 0.6) is 0 Å². The molecule has 9 aromatic carbocycles. The first-order valence-corrected chi connectivity index (χ1v) is 20.5. The van der Waals surface area contributed by atoms with E-state index in [4.69, 9.17) is 21.8 Å². The summed E-state index contributed by atoms with van der Waals surface area (Å²) in [5.74, 6) is 1.30. The molecule has 5 nitrogen and oxygen atoms in total. The third kappa shape index (κ3) is 6.06. The maximum Gasteiger partial charge on any atom is 0.164 e. The summed E-state index contributed by atoms with van der Waals surface area (Å²) in [5, 5.41) is 4.41. The zero-order chi connectivity index (χ0) is 45.3. The van der Waals surface area contributed by atoms with E-state index in [1.807, 2.05) is 91.0 Å². The topological polar surface area (TPSA) is 48.5 Å². The Morgan fingerprint density at radius 3 is 1.34 bits per heavy atom. The Bertz CT molecular complexity index is 3840. The van der Waals surface area contributed by atoms with Crippen LogP contribution < -0.4 is 0 Å². The summed E-state index contributed by atoms with van der Waals surface area (Å²) in [6, 6.07) is 63.6. The molecule has 0 aliphatic rings. The number of rotatable bonds is 7. The lowest BCUT2D eigenvalue weighted by atomic mass is 10.0. The minimum absolute atomic E-state index is 0.0811. The predicted octanol–water partition coefficient (Wildman–Crippen LogP) is 14.4. The van der Waals surface area contributed by atoms with Crippen molar-refractivity contribution in [1.29, 1.82) is 0 Å². The van der Waals surface area contributed by atoms with E-state index in [1.54, 1.807) is 0 Å². The van der Waals surface area contributed by atoms with Gasteiger partial charge in [0.2, 0.25) is 0 Å². The van der Waals surface area contributed by atoms with Crippen LogP contribution in [-0.2, 0) is 0 Å². The average Bonchev–Trinajstić information content (AvgIpc) is 3.90. The largest absolute Gasteiger partial charge is 0.309 e. The highest BCUT2D eigenvalue weighted by Gasteiger charge is 2.19. The van der Waals surface area contributed by atoms with E-state index in [-0.39, 0.29) is 17.6 Å². The molecule has 0 spiro atoms. The van der Waals surface area contributed by atoms with Gasteiger partial charge in [-0.25, -0.2) is 15.0 Å². The molecule has 0 amide bonds. The first-order valence-electron chi connectivity index (χ1n) is 23.0. The number of hydrogen-bond donors (Lipinski definition) is 0. The van der Waals surface area contributed by atoms with Crippen LogP contribution in [-0.4, -0.2) is 24.1 Å². The molecule has 5 heteroatoms. The molecule has 0 fully saturated rings. The normalized spacial score (nSPS) is 12.7. The first-order chi connectivity index (χ1) is 32.8. The van der Waals surface area contributed by atoms with Gasteiger partial charge in [0, 0.05) is 49.6 Å². The minimum Gasteiger partial charge on any atom is -0.309 e. The smallest absolute Gasteiger partial charge is 0.164 e. The quantitative estimate of drug-likeness (QED) is 0.161. The second-order valence-electron chi connectivity index (χ2n) is 15.3. The van der Waals surface area contributed by atoms with E-state index in [2.05, 4.69) is 112 Å². The van der Waals surface area contributed by atoms with E-state index in [0.29, 0.717) is 34.3 Å². The van der Waals surface area contributed by atoms with Crippen LogP contribution >= 0.6 is 0 Å². The van der Waals surface area contributed by atoms with Crippen molar-refractivity contribution < 1.29 is 6.85 Å². The van der Waals surface area contributed by atoms with Crippen molar-refractivity contribution in [2.24, 2.45) is 0 Å². The second-order valence-corrected chi connectivity index (χ2v) is 15.3. The van der Waals surface area contributed by atoms with E-state index in [1.165, 1.54) is 10.8 Å². The van der Waals surface area contributed by atoms with Crippen LogP contribution in [0.25, 0.3) is 111 Å². The summed E-state index contributed by atoms with van der Waals surface area (Å²) in [6.07, 6.45) is 0. The first kappa shape index (κ1) is 30.6. The Balaban J connectivity index is 1.11. The summed E-state index contributed by atoms with van der Waals surface area (Å²) >= 11 is 0. The molecule has 0 saturated heterocycles. The fraction of sp³-hybridized carbons (Fsp3) is 0. The van der Waals surface area contributed by atoms with E-state index < -0.39 is 18.1 Å². The lowest BCUT2D eigenvalue weighted by Crippen LogP contribution is -2.02. The van der Waals surface area contributed by atoms with Gasteiger partial charge >= 0.3 is 0 Å². The highest BCUT2D eigenvalue weighted by atomic mass is 15.0. The van der Waals surface area contributed by atoms with Crippen molar-refractivity contribution in [1.82, 2.24) is 24.1 Å². The molecule has 12 aromatic rings. The van der Waals surface area contributed by atoms with Gasteiger partial charge in [-0.05, 0) is 76.9 Å². The predicted molar refractivity (Wildman–Crippen MR) is 256 cm³/mol. The third-order valence-electron chi connectivity index (χ3n) is 11.6. The summed E-state index contributed by atoms with van der Waals surface area (Å²) in [5.41, 5.74) is 10.6. The molecular formula is C57H37N5. The zero-order valence-corrected chi connectivity index (χ0v) is 33.2. The van der Waals surface area contributed by atoms with Crippen LogP contribution in [0, 0.1) is 0 Å². The van der Waals surface area contributed by atoms with Crippen LogP contribution in [0.3, 0.4) is 0 Å². The van der Waals surface area contributed by atoms with Gasteiger partial charge in [-0.15, -0.1) is 0 Å². The zero-order valence-electron chi connectivity index (χ0n) is 38.2. The average molecular weight is 797 g/mol. The van der Waals surface area contributed by atoms with Crippen LogP contribution in [0.4, 0.5) is 0 Å². The standard InChI is InChI=1S/C57H37N5/c1-4-16-38(17-5-1)40-28-30-42(31-29-40)56-58-55(41-20-8-3-9-21-41)59-57(60-56)44-34-43(39-18-6-2-7-19-39)35-46(36-44)62-53-27-15-12-24-49(53)50-37-45(32-33-54(50)62)61-51-25-13-10-22-47(51)48-23-11-14-26-52(48)61/h1-37H/i2D,6D,7D,18D,19D. The number of para-hydroxylation sites is 3. The maximum atomic E-state index is 9.11. The molecule has 0 aliphatic carbocycles. The SMILES string of the molecule is [2H]c1c([2H])c([2H])c(-c2cc(-c3nc(-c4ccccc4)nc(-c4ccc(-c5ccccc5)cc4)n3)cc(-n3c4ccccc4c4cc(-n5c6ccccc6c6ccccc65)ccc43)c2)c([2H])c1[2H]. The Hall–Kier alpha value is -8.41. The molecule has 0 saturated carbocycles. The van der Waals surface area contributed by atoms with Crippen molar-refractivity contribution in [3.05, 3.63) is 224 Å². The minimum atomic E-state index is -0.454. The Morgan fingerprint density at radius 1 is 0.290 bits per heavy atom. The highest BCUT2D eigenvalue weighted by molar-refractivity contribution is 6.12. The van der Waals surface area contributed by atoms with Crippen molar-refractivity contribution in [2.45, 2.75) is 0 Å². The summed E-state index contributed by atoms with van der Waals surface area (Å²) < 4.78 is 48.4. The fourth-order valence-corrected chi connectivity index (χ4v) is 8.78. The van der Waals surface area contributed by atoms with Crippen molar-refractivity contribution in [2.75, 3.05) is 0 Å². The number of fused-ring (bicyclic) bond motifs is 6. The Labute approximate surface area is 365 Å². The van der Waals surface area contributed by atoms with Crippen molar-refractivity contribution >= 4 is 43.6 Å². The Morgan fingerprint density at radius 2 is 0.726 bits per heavy atom. The van der Waals surface area contributed by atoms with Gasteiger partial charge in [0.1, 0.15) is 0 Å². The molecule has 0 bridgehead atoms. The lowest BCUT2D eigenvalue weighted by molar-refractivity contribution is 1.07. The summed E-state index contributed by atoms with van der Waals surface area (Å²) in [6.45, 7) is 0. The number of nitrogens with zero attached hydrogens (tertiary/aromatic N) is 5. The third-order valence-corrected chi connectivity index (χ3v) is 11.6. The molecule has 0 atom stereocenters. The van der Waals surface area contributed by atoms with Gasteiger partial charge in [0.05, 0.1) is 28.9 Å². The molecule has 3 aromatic heterocycles. The molecule has 62 heavy (non-hydrogen) atoms. The Kier molecular flexibility index (Phi) is 7.25. The number of aromatic nitrogens is 5. The molecule has 3 heterocycles.